The van der Waals surface area contributed by atoms with E-state index in [0.29, 0.717) is 30.0 Å². The van der Waals surface area contributed by atoms with Crippen LogP contribution in [0.3, 0.4) is 0 Å². The first-order chi connectivity index (χ1) is 10.9. The monoisotopic (exact) mass is 315 g/mol. The molecule has 2 N–H and O–H groups in total. The van der Waals surface area contributed by atoms with Gasteiger partial charge in [-0.3, -0.25) is 9.59 Å². The minimum atomic E-state index is -0.344. The lowest BCUT2D eigenvalue weighted by molar-refractivity contribution is -0.123. The summed E-state index contributed by atoms with van der Waals surface area (Å²) < 4.78 is 1.70. The molecule has 2 aromatic heterocycles. The molecule has 1 aliphatic heterocycles. The first-order valence-electron chi connectivity index (χ1n) is 7.80. The number of hydrogen-bond acceptors (Lipinski definition) is 4. The van der Waals surface area contributed by atoms with Crippen LogP contribution in [0.15, 0.2) is 6.07 Å². The Balaban J connectivity index is 2.01. The maximum atomic E-state index is 13.0. The molecule has 0 spiro atoms. The first-order valence-corrected chi connectivity index (χ1v) is 7.80. The number of piperidine rings is 1. The van der Waals surface area contributed by atoms with Crippen molar-refractivity contribution in [1.29, 1.82) is 0 Å². The van der Waals surface area contributed by atoms with E-state index in [9.17, 15) is 9.59 Å². The van der Waals surface area contributed by atoms with Crippen molar-refractivity contribution in [3.63, 3.8) is 0 Å². The number of fused-ring (bicyclic) bond motifs is 1. The Labute approximate surface area is 134 Å². The lowest BCUT2D eigenvalue weighted by Crippen LogP contribution is -2.44. The number of aromatic nitrogens is 3. The average Bonchev–Trinajstić information content (AvgIpc) is 2.83. The Morgan fingerprint density at radius 1 is 1.30 bits per heavy atom. The van der Waals surface area contributed by atoms with Crippen molar-refractivity contribution in [1.82, 2.24) is 19.5 Å². The van der Waals surface area contributed by atoms with Crippen LogP contribution in [-0.4, -0.2) is 44.4 Å². The van der Waals surface area contributed by atoms with Gasteiger partial charge in [0.1, 0.15) is 5.56 Å². The molecule has 0 aromatic carbocycles. The molecule has 3 heterocycles. The molecule has 0 radical (unpaired) electrons. The van der Waals surface area contributed by atoms with Crippen LogP contribution in [0.4, 0.5) is 0 Å². The van der Waals surface area contributed by atoms with Gasteiger partial charge in [-0.25, -0.2) is 9.50 Å². The summed E-state index contributed by atoms with van der Waals surface area (Å²) in [6.45, 7) is 6.64. The first kappa shape index (κ1) is 15.5. The second-order valence-electron chi connectivity index (χ2n) is 6.23. The summed E-state index contributed by atoms with van der Waals surface area (Å²) in [6.07, 6.45) is 1.52. The molecule has 7 nitrogen and oxygen atoms in total. The number of aryl methyl sites for hydroxylation is 3. The van der Waals surface area contributed by atoms with Gasteiger partial charge in [0.25, 0.3) is 5.91 Å². The minimum Gasteiger partial charge on any atom is -0.369 e. The number of amides is 2. The van der Waals surface area contributed by atoms with Crippen molar-refractivity contribution < 1.29 is 9.59 Å². The molecule has 0 saturated carbocycles. The van der Waals surface area contributed by atoms with E-state index in [2.05, 4.69) is 10.1 Å². The highest BCUT2D eigenvalue weighted by Gasteiger charge is 2.30. The highest BCUT2D eigenvalue weighted by atomic mass is 16.2. The smallest absolute Gasteiger partial charge is 0.259 e. The van der Waals surface area contributed by atoms with Gasteiger partial charge in [0.05, 0.1) is 11.6 Å². The van der Waals surface area contributed by atoms with Crippen LogP contribution >= 0.6 is 0 Å². The Kier molecular flexibility index (Phi) is 3.79. The number of primary amides is 1. The van der Waals surface area contributed by atoms with Crippen LogP contribution in [0.1, 0.15) is 40.3 Å². The van der Waals surface area contributed by atoms with Gasteiger partial charge < -0.3 is 10.6 Å². The summed E-state index contributed by atoms with van der Waals surface area (Å²) in [4.78, 5) is 30.6. The van der Waals surface area contributed by atoms with Crippen molar-refractivity contribution in [3.8, 4) is 0 Å². The van der Waals surface area contributed by atoms with Gasteiger partial charge in [-0.15, -0.1) is 0 Å². The fraction of sp³-hybridized carbons (Fsp3) is 0.500. The molecule has 7 heteroatoms. The number of likely N-dealkylation sites (tertiary alicyclic amines) is 1. The number of carbonyl (C=O) groups is 2. The fourth-order valence-corrected chi connectivity index (χ4v) is 3.23. The van der Waals surface area contributed by atoms with E-state index in [1.807, 2.05) is 26.8 Å². The lowest BCUT2D eigenvalue weighted by Gasteiger charge is -2.31. The number of carbonyl (C=O) groups excluding carboxylic acids is 2. The zero-order chi connectivity index (χ0) is 16.7. The van der Waals surface area contributed by atoms with E-state index in [4.69, 9.17) is 5.73 Å². The van der Waals surface area contributed by atoms with Crippen LogP contribution in [-0.2, 0) is 4.79 Å². The van der Waals surface area contributed by atoms with Gasteiger partial charge in [0, 0.05) is 24.5 Å². The molecular weight excluding hydrogens is 294 g/mol. The summed E-state index contributed by atoms with van der Waals surface area (Å²) in [5.41, 5.74) is 8.92. The standard InChI is InChI=1S/C16H21N5O2/c1-9-7-10(2)21-15(18-9)13(11(3)19-21)16(23)20-6-4-5-12(8-20)14(17)22/h7,12H,4-6,8H2,1-3H3,(H2,17,22). The third-order valence-electron chi connectivity index (χ3n) is 4.39. The molecule has 1 unspecified atom stereocenters. The Morgan fingerprint density at radius 3 is 2.74 bits per heavy atom. The van der Waals surface area contributed by atoms with Crippen LogP contribution in [0.5, 0.6) is 0 Å². The van der Waals surface area contributed by atoms with Crippen LogP contribution in [0.25, 0.3) is 5.65 Å². The predicted molar refractivity (Wildman–Crippen MR) is 85.0 cm³/mol. The predicted octanol–water partition coefficient (Wildman–Crippen LogP) is 0.992. The number of hydrogen-bond donors (Lipinski definition) is 1. The number of nitrogens with zero attached hydrogens (tertiary/aromatic N) is 4. The largest absolute Gasteiger partial charge is 0.369 e. The molecule has 1 aliphatic rings. The molecule has 23 heavy (non-hydrogen) atoms. The van der Waals surface area contributed by atoms with Gasteiger partial charge in [-0.05, 0) is 39.7 Å². The lowest BCUT2D eigenvalue weighted by atomic mass is 9.97. The average molecular weight is 315 g/mol. The topological polar surface area (TPSA) is 93.6 Å². The summed E-state index contributed by atoms with van der Waals surface area (Å²) in [5, 5.41) is 4.44. The van der Waals surface area contributed by atoms with E-state index < -0.39 is 0 Å². The Morgan fingerprint density at radius 2 is 2.04 bits per heavy atom. The van der Waals surface area contributed by atoms with Gasteiger partial charge >= 0.3 is 0 Å². The molecule has 1 fully saturated rings. The zero-order valence-corrected chi connectivity index (χ0v) is 13.7. The minimum absolute atomic E-state index is 0.124. The van der Waals surface area contributed by atoms with Crippen LogP contribution < -0.4 is 5.73 Å². The summed E-state index contributed by atoms with van der Waals surface area (Å²) in [6, 6.07) is 1.93. The van der Waals surface area contributed by atoms with Gasteiger partial charge in [0.2, 0.25) is 5.91 Å². The van der Waals surface area contributed by atoms with Crippen LogP contribution in [0.2, 0.25) is 0 Å². The van der Waals surface area contributed by atoms with Crippen molar-refractivity contribution >= 4 is 17.5 Å². The third-order valence-corrected chi connectivity index (χ3v) is 4.39. The molecular formula is C16H21N5O2. The fourth-order valence-electron chi connectivity index (χ4n) is 3.23. The second-order valence-corrected chi connectivity index (χ2v) is 6.23. The van der Waals surface area contributed by atoms with Crippen molar-refractivity contribution in [3.05, 3.63) is 28.7 Å². The Bertz CT molecular complexity index is 795. The van der Waals surface area contributed by atoms with E-state index in [-0.39, 0.29) is 17.7 Å². The second kappa shape index (κ2) is 5.64. The quantitative estimate of drug-likeness (QED) is 0.894. The molecule has 3 rings (SSSR count). The summed E-state index contributed by atoms with van der Waals surface area (Å²) in [7, 11) is 0. The number of rotatable bonds is 2. The maximum absolute atomic E-state index is 13.0. The maximum Gasteiger partial charge on any atom is 0.259 e. The Hall–Kier alpha value is -2.44. The molecule has 2 aromatic rings. The van der Waals surface area contributed by atoms with Crippen LogP contribution in [0, 0.1) is 26.7 Å². The highest BCUT2D eigenvalue weighted by Crippen LogP contribution is 2.22. The van der Waals surface area contributed by atoms with Crippen molar-refractivity contribution in [2.75, 3.05) is 13.1 Å². The van der Waals surface area contributed by atoms with Gasteiger partial charge in [0.15, 0.2) is 5.65 Å². The highest BCUT2D eigenvalue weighted by molar-refractivity contribution is 6.01. The van der Waals surface area contributed by atoms with Gasteiger partial charge in [-0.2, -0.15) is 5.10 Å². The van der Waals surface area contributed by atoms with E-state index in [1.54, 1.807) is 9.42 Å². The van der Waals surface area contributed by atoms with E-state index in [0.717, 1.165) is 24.2 Å². The van der Waals surface area contributed by atoms with Crippen molar-refractivity contribution in [2.45, 2.75) is 33.6 Å². The number of nitrogens with two attached hydrogens (primary N) is 1. The summed E-state index contributed by atoms with van der Waals surface area (Å²) in [5.74, 6) is -0.740. The van der Waals surface area contributed by atoms with E-state index in [1.165, 1.54) is 0 Å². The summed E-state index contributed by atoms with van der Waals surface area (Å²) >= 11 is 0. The zero-order valence-electron chi connectivity index (χ0n) is 13.7. The van der Waals surface area contributed by atoms with Gasteiger partial charge in [-0.1, -0.05) is 0 Å². The van der Waals surface area contributed by atoms with E-state index >= 15 is 0 Å². The molecule has 0 bridgehead atoms. The van der Waals surface area contributed by atoms with Crippen molar-refractivity contribution in [2.24, 2.45) is 11.7 Å². The normalized spacial score (nSPS) is 18.4. The molecule has 1 atom stereocenters. The molecule has 122 valence electrons. The third kappa shape index (κ3) is 2.67. The SMILES string of the molecule is Cc1cc(C)n2nc(C)c(C(=O)N3CCCC(C(N)=O)C3)c2n1. The molecule has 1 saturated heterocycles. The molecule has 0 aliphatic carbocycles. The molecule has 2 amide bonds.